The maximum Gasteiger partial charge on any atom is 0.246 e. The van der Waals surface area contributed by atoms with Crippen molar-refractivity contribution in [2.45, 2.75) is 51.6 Å². The Bertz CT molecular complexity index is 924. The van der Waals surface area contributed by atoms with E-state index in [0.717, 1.165) is 5.82 Å². The van der Waals surface area contributed by atoms with E-state index in [9.17, 15) is 13.2 Å². The Hall–Kier alpha value is -2.05. The lowest BCUT2D eigenvalue weighted by atomic mass is 10.3. The van der Waals surface area contributed by atoms with Gasteiger partial charge in [-0.05, 0) is 39.9 Å². The second-order valence-corrected chi connectivity index (χ2v) is 7.76. The maximum absolute atomic E-state index is 12.4. The molecule has 2 heterocycles. The predicted octanol–water partition coefficient (Wildman–Crippen LogP) is 0.591. The summed E-state index contributed by atoms with van der Waals surface area (Å²) in [5.74, 6) is 0.448. The fraction of sp³-hybridized carbons (Fsp3) is 0.571. The largest absolute Gasteiger partial charge is 0.360 e. The summed E-state index contributed by atoms with van der Waals surface area (Å²) in [5, 5.41) is 13.1. The van der Waals surface area contributed by atoms with Crippen LogP contribution in [-0.2, 0) is 27.8 Å². The topological polar surface area (TPSA) is 135 Å². The van der Waals surface area contributed by atoms with Gasteiger partial charge in [0.2, 0.25) is 15.9 Å². The summed E-state index contributed by atoms with van der Waals surface area (Å²) in [4.78, 5) is 12.1. The molecule has 0 fully saturated rings. The van der Waals surface area contributed by atoms with E-state index < -0.39 is 22.0 Å². The number of nitrogens with zero attached hydrogens (tertiary/aromatic N) is 3. The van der Waals surface area contributed by atoms with E-state index in [0.29, 0.717) is 24.3 Å². The number of amides is 1. The summed E-state index contributed by atoms with van der Waals surface area (Å²) in [6.45, 7) is 7.41. The second-order valence-electron chi connectivity index (χ2n) is 5.73. The molecule has 144 valence electrons. The molecular weight excluding hydrogens is 380 g/mol. The normalized spacial score (nSPS) is 12.9. The first-order chi connectivity index (χ1) is 12.2. The Kier molecular flexibility index (Phi) is 6.31. The highest BCUT2D eigenvalue weighted by Gasteiger charge is 2.28. The van der Waals surface area contributed by atoms with E-state index in [1.165, 1.54) is 20.8 Å². The number of aryl methyl sites for hydroxylation is 2. The highest BCUT2D eigenvalue weighted by molar-refractivity contribution is 7.89. The van der Waals surface area contributed by atoms with Gasteiger partial charge in [-0.15, -0.1) is 0 Å². The molecular formula is C14H22N6O4S2. The molecule has 0 aliphatic carbocycles. The molecule has 0 aliphatic rings. The van der Waals surface area contributed by atoms with E-state index in [2.05, 4.69) is 25.4 Å². The Labute approximate surface area is 156 Å². The molecule has 12 heteroatoms. The summed E-state index contributed by atoms with van der Waals surface area (Å²) in [6.07, 6.45) is 0.468. The fourth-order valence-corrected chi connectivity index (χ4v) is 4.33. The van der Waals surface area contributed by atoms with Crippen LogP contribution in [0.1, 0.15) is 31.1 Å². The van der Waals surface area contributed by atoms with E-state index in [1.807, 2.05) is 11.5 Å². The minimum Gasteiger partial charge on any atom is -0.360 e. The van der Waals surface area contributed by atoms with Crippen molar-refractivity contribution in [2.24, 2.45) is 0 Å². The van der Waals surface area contributed by atoms with Crippen LogP contribution in [0.5, 0.6) is 0 Å². The van der Waals surface area contributed by atoms with Crippen molar-refractivity contribution in [3.05, 3.63) is 22.0 Å². The third-order valence-corrected chi connectivity index (χ3v) is 5.86. The van der Waals surface area contributed by atoms with Gasteiger partial charge in [-0.25, -0.2) is 8.42 Å². The number of hydrogen-bond donors (Lipinski definition) is 3. The molecule has 0 aromatic carbocycles. The number of carbonyl (C=O) groups is 1. The van der Waals surface area contributed by atoms with E-state index in [-0.39, 0.29) is 16.3 Å². The fourth-order valence-electron chi connectivity index (χ4n) is 2.52. The molecule has 0 saturated heterocycles. The maximum atomic E-state index is 12.4. The van der Waals surface area contributed by atoms with Gasteiger partial charge in [-0.2, -0.15) is 9.82 Å². The van der Waals surface area contributed by atoms with Gasteiger partial charge in [-0.3, -0.25) is 9.89 Å². The van der Waals surface area contributed by atoms with Crippen molar-refractivity contribution in [1.29, 1.82) is 0 Å². The smallest absolute Gasteiger partial charge is 0.246 e. The molecule has 2 aromatic rings. The second kappa shape index (κ2) is 8.10. The molecule has 1 atom stereocenters. The number of aromatic nitrogens is 4. The van der Waals surface area contributed by atoms with Crippen LogP contribution >= 0.6 is 12.2 Å². The number of nitrogens with one attached hydrogen (secondary N) is 3. The van der Waals surface area contributed by atoms with Crippen LogP contribution in [0.3, 0.4) is 0 Å². The molecule has 0 spiro atoms. The summed E-state index contributed by atoms with van der Waals surface area (Å²) in [6, 6.07) is -0.958. The molecule has 0 radical (unpaired) electrons. The SMILES string of the molecule is CCn1c(CCNC(=O)[C@H](C)NS(=O)(=O)c2c(C)noc2C)n[nH]c1=S. The summed E-state index contributed by atoms with van der Waals surface area (Å²) in [7, 11) is -3.91. The van der Waals surface area contributed by atoms with Gasteiger partial charge in [0.15, 0.2) is 10.5 Å². The zero-order valence-electron chi connectivity index (χ0n) is 15.0. The number of rotatable bonds is 8. The first kappa shape index (κ1) is 20.3. The van der Waals surface area contributed by atoms with Gasteiger partial charge < -0.3 is 14.4 Å². The minimum absolute atomic E-state index is 0.0457. The van der Waals surface area contributed by atoms with Crippen molar-refractivity contribution < 1.29 is 17.7 Å². The van der Waals surface area contributed by atoms with Gasteiger partial charge in [0.05, 0.1) is 6.04 Å². The molecule has 0 saturated carbocycles. The molecule has 10 nitrogen and oxygen atoms in total. The Morgan fingerprint density at radius 2 is 2.12 bits per heavy atom. The van der Waals surface area contributed by atoms with Crippen LogP contribution in [0.2, 0.25) is 0 Å². The minimum atomic E-state index is -3.91. The van der Waals surface area contributed by atoms with Gasteiger partial charge in [0, 0.05) is 19.5 Å². The third kappa shape index (κ3) is 4.37. The molecule has 3 N–H and O–H groups in total. The molecule has 0 bridgehead atoms. The van der Waals surface area contributed by atoms with Crippen molar-refractivity contribution in [3.63, 3.8) is 0 Å². The van der Waals surface area contributed by atoms with Crippen molar-refractivity contribution in [3.8, 4) is 0 Å². The van der Waals surface area contributed by atoms with Crippen LogP contribution in [-0.4, -0.2) is 46.8 Å². The molecule has 26 heavy (non-hydrogen) atoms. The van der Waals surface area contributed by atoms with Gasteiger partial charge in [-0.1, -0.05) is 5.16 Å². The average Bonchev–Trinajstić information content (AvgIpc) is 3.09. The van der Waals surface area contributed by atoms with Crippen molar-refractivity contribution >= 4 is 28.1 Å². The lowest BCUT2D eigenvalue weighted by Gasteiger charge is -2.14. The monoisotopic (exact) mass is 402 g/mol. The lowest BCUT2D eigenvalue weighted by Crippen LogP contribution is -2.45. The number of hydrogen-bond acceptors (Lipinski definition) is 7. The number of sulfonamides is 1. The predicted molar refractivity (Wildman–Crippen MR) is 95.6 cm³/mol. The van der Waals surface area contributed by atoms with Gasteiger partial charge in [0.25, 0.3) is 0 Å². The lowest BCUT2D eigenvalue weighted by molar-refractivity contribution is -0.122. The van der Waals surface area contributed by atoms with Crippen molar-refractivity contribution in [2.75, 3.05) is 6.54 Å². The summed E-state index contributed by atoms with van der Waals surface area (Å²) >= 11 is 5.10. The quantitative estimate of drug-likeness (QED) is 0.550. The van der Waals surface area contributed by atoms with E-state index in [4.69, 9.17) is 16.7 Å². The zero-order chi connectivity index (χ0) is 19.5. The molecule has 2 aromatic heterocycles. The number of aromatic amines is 1. The Morgan fingerprint density at radius 3 is 2.69 bits per heavy atom. The Balaban J connectivity index is 1.94. The molecule has 0 unspecified atom stereocenters. The highest BCUT2D eigenvalue weighted by Crippen LogP contribution is 2.18. The van der Waals surface area contributed by atoms with Crippen LogP contribution in [0.4, 0.5) is 0 Å². The summed E-state index contributed by atoms with van der Waals surface area (Å²) < 4.78 is 34.4. The first-order valence-corrected chi connectivity index (χ1v) is 9.93. The highest BCUT2D eigenvalue weighted by atomic mass is 32.2. The average molecular weight is 403 g/mol. The standard InChI is InChI=1S/C14H22N6O4S2/c1-5-20-11(16-17-14(20)25)6-7-15-13(21)9(3)19-26(22,23)12-8(2)18-24-10(12)4/h9,19H,5-7H2,1-4H3,(H,15,21)(H,17,25)/t9-/m0/s1. The van der Waals surface area contributed by atoms with Crippen LogP contribution < -0.4 is 10.0 Å². The van der Waals surface area contributed by atoms with Crippen LogP contribution in [0.15, 0.2) is 9.42 Å². The third-order valence-electron chi connectivity index (χ3n) is 3.76. The van der Waals surface area contributed by atoms with E-state index in [1.54, 1.807) is 0 Å². The van der Waals surface area contributed by atoms with Crippen LogP contribution in [0, 0.1) is 18.6 Å². The number of H-pyrrole nitrogens is 1. The summed E-state index contributed by atoms with van der Waals surface area (Å²) in [5.41, 5.74) is 0.241. The molecule has 0 aliphatic heterocycles. The Morgan fingerprint density at radius 1 is 1.42 bits per heavy atom. The van der Waals surface area contributed by atoms with Crippen molar-refractivity contribution in [1.82, 2.24) is 30.0 Å². The van der Waals surface area contributed by atoms with Gasteiger partial charge in [0.1, 0.15) is 16.4 Å². The van der Waals surface area contributed by atoms with Crippen LogP contribution in [0.25, 0.3) is 0 Å². The van der Waals surface area contributed by atoms with Gasteiger partial charge >= 0.3 is 0 Å². The zero-order valence-corrected chi connectivity index (χ0v) is 16.6. The number of carbonyl (C=O) groups excluding carboxylic acids is 1. The molecule has 1 amide bonds. The first-order valence-electron chi connectivity index (χ1n) is 8.04. The van der Waals surface area contributed by atoms with E-state index >= 15 is 0 Å². The molecule has 2 rings (SSSR count).